The van der Waals surface area contributed by atoms with Crippen LogP contribution in [-0.4, -0.2) is 7.85 Å². The molecule has 0 fully saturated rings. The Kier molecular flexibility index (Phi) is 3.46. The highest BCUT2D eigenvalue weighted by Crippen LogP contribution is 2.62. The van der Waals surface area contributed by atoms with Gasteiger partial charge in [0.1, 0.15) is 7.85 Å². The van der Waals surface area contributed by atoms with Gasteiger partial charge in [-0.05, 0) is 56.3 Å². The highest BCUT2D eigenvalue weighted by atomic mass is 32.2. The van der Waals surface area contributed by atoms with Crippen LogP contribution >= 0.6 is 11.8 Å². The van der Waals surface area contributed by atoms with E-state index in [4.69, 9.17) is 0 Å². The number of hydrogen-bond acceptors (Lipinski definition) is 1. The molecule has 0 atom stereocenters. The molecule has 0 aromatic heterocycles. The van der Waals surface area contributed by atoms with Crippen LogP contribution < -0.4 is 5.46 Å². The second-order valence-electron chi connectivity index (χ2n) is 8.60. The summed E-state index contributed by atoms with van der Waals surface area (Å²) in [5.74, 6) is 0. The Hall–Kier alpha value is -3.23. The summed E-state index contributed by atoms with van der Waals surface area (Å²) in [5.41, 5.74) is 9.42. The van der Waals surface area contributed by atoms with Crippen LogP contribution in [0.3, 0.4) is 0 Å². The van der Waals surface area contributed by atoms with Crippen molar-refractivity contribution in [1.29, 1.82) is 0 Å². The fourth-order valence-corrected chi connectivity index (χ4v) is 6.97. The third-order valence-electron chi connectivity index (χ3n) is 6.98. The standard InChI is InChI=1S/C29H19BS/c30-19-14-15-21-25(17-19)29(24-16-13-18-7-1-2-8-20(18)28(21)24)22-9-3-5-11-26(22)31-27-12-6-4-10-23(27)29/h1-17H,30H2. The van der Waals surface area contributed by atoms with Crippen LogP contribution in [0.2, 0.25) is 0 Å². The van der Waals surface area contributed by atoms with E-state index in [0.717, 1.165) is 0 Å². The summed E-state index contributed by atoms with van der Waals surface area (Å²) >= 11 is 1.90. The molecule has 0 unspecified atom stereocenters. The minimum atomic E-state index is -0.279. The number of rotatable bonds is 0. The highest BCUT2D eigenvalue weighted by Gasteiger charge is 2.50. The Bertz CT molecular complexity index is 1490. The zero-order chi connectivity index (χ0) is 20.6. The van der Waals surface area contributed by atoms with Gasteiger partial charge >= 0.3 is 0 Å². The first-order chi connectivity index (χ1) is 15.3. The second kappa shape index (κ2) is 6.15. The molecule has 0 N–H and O–H groups in total. The Balaban J connectivity index is 1.75. The topological polar surface area (TPSA) is 0 Å². The molecule has 0 saturated carbocycles. The third kappa shape index (κ3) is 2.13. The van der Waals surface area contributed by atoms with Crippen LogP contribution in [0.25, 0.3) is 21.9 Å². The van der Waals surface area contributed by atoms with Crippen LogP contribution in [0, 0.1) is 0 Å². The van der Waals surface area contributed by atoms with Crippen molar-refractivity contribution in [2.24, 2.45) is 0 Å². The molecule has 1 aliphatic carbocycles. The molecule has 1 heterocycles. The molecule has 31 heavy (non-hydrogen) atoms. The van der Waals surface area contributed by atoms with E-state index in [-0.39, 0.29) is 5.41 Å². The quantitative estimate of drug-likeness (QED) is 0.280. The monoisotopic (exact) mass is 410 g/mol. The molecule has 0 nitrogen and oxygen atoms in total. The maximum absolute atomic E-state index is 2.42. The van der Waals surface area contributed by atoms with Crippen molar-refractivity contribution in [1.82, 2.24) is 0 Å². The largest absolute Gasteiger partial charge is 0.139 e. The summed E-state index contributed by atoms with van der Waals surface area (Å²) in [5, 5.41) is 2.65. The van der Waals surface area contributed by atoms with E-state index >= 15 is 0 Å². The Morgan fingerprint density at radius 2 is 1.26 bits per heavy atom. The van der Waals surface area contributed by atoms with E-state index < -0.39 is 0 Å². The number of fused-ring (bicyclic) bond motifs is 11. The molecule has 2 aliphatic rings. The first-order valence-corrected chi connectivity index (χ1v) is 11.6. The van der Waals surface area contributed by atoms with E-state index in [1.165, 1.54) is 59.4 Å². The van der Waals surface area contributed by atoms with Crippen molar-refractivity contribution >= 4 is 35.8 Å². The number of hydrogen-bond donors (Lipinski definition) is 0. The molecule has 5 aromatic carbocycles. The Labute approximate surface area is 187 Å². The maximum Gasteiger partial charge on any atom is 0.139 e. The average molecular weight is 410 g/mol. The van der Waals surface area contributed by atoms with Crippen LogP contribution in [-0.2, 0) is 5.41 Å². The molecule has 0 bridgehead atoms. The lowest BCUT2D eigenvalue weighted by atomic mass is 9.66. The van der Waals surface area contributed by atoms with Crippen molar-refractivity contribution in [2.45, 2.75) is 15.2 Å². The molecular formula is C29H19BS. The molecule has 144 valence electrons. The lowest BCUT2D eigenvalue weighted by Crippen LogP contribution is -2.32. The molecule has 5 aromatic rings. The minimum Gasteiger partial charge on any atom is -0.0894 e. The summed E-state index contributed by atoms with van der Waals surface area (Å²) in [7, 11) is 2.21. The van der Waals surface area contributed by atoms with Gasteiger partial charge in [-0.25, -0.2) is 0 Å². The van der Waals surface area contributed by atoms with Crippen LogP contribution in [0.5, 0.6) is 0 Å². The van der Waals surface area contributed by atoms with Gasteiger partial charge in [0.15, 0.2) is 0 Å². The number of benzene rings is 5. The SMILES string of the molecule is Bc1ccc2c(c1)C1(c3ccccc3Sc3ccccc31)c1ccc3ccccc3c1-2. The zero-order valence-electron chi connectivity index (χ0n) is 17.2. The van der Waals surface area contributed by atoms with Crippen molar-refractivity contribution < 1.29 is 0 Å². The predicted molar refractivity (Wildman–Crippen MR) is 134 cm³/mol. The summed E-state index contributed by atoms with van der Waals surface area (Å²) in [6, 6.07) is 38.5. The van der Waals surface area contributed by atoms with Gasteiger partial charge in [0.05, 0.1) is 5.41 Å². The summed E-state index contributed by atoms with van der Waals surface area (Å²) < 4.78 is 0. The molecule has 0 radical (unpaired) electrons. The zero-order valence-corrected chi connectivity index (χ0v) is 18.0. The maximum atomic E-state index is 2.42. The van der Waals surface area contributed by atoms with Crippen LogP contribution in [0.1, 0.15) is 22.3 Å². The van der Waals surface area contributed by atoms with Gasteiger partial charge in [0.2, 0.25) is 0 Å². The first-order valence-electron chi connectivity index (χ1n) is 10.8. The van der Waals surface area contributed by atoms with E-state index in [0.29, 0.717) is 0 Å². The highest BCUT2D eigenvalue weighted by molar-refractivity contribution is 7.99. The predicted octanol–water partition coefficient (Wildman–Crippen LogP) is 5.93. The Morgan fingerprint density at radius 1 is 0.581 bits per heavy atom. The van der Waals surface area contributed by atoms with E-state index in [1.807, 2.05) is 11.8 Å². The van der Waals surface area contributed by atoms with E-state index in [9.17, 15) is 0 Å². The molecule has 0 amide bonds. The molecule has 1 aliphatic heterocycles. The molecule has 1 spiro atoms. The molecular weight excluding hydrogens is 391 g/mol. The van der Waals surface area contributed by atoms with Gasteiger partial charge < -0.3 is 0 Å². The van der Waals surface area contributed by atoms with Crippen molar-refractivity contribution in [3.8, 4) is 11.1 Å². The van der Waals surface area contributed by atoms with Gasteiger partial charge in [-0.15, -0.1) is 0 Å². The molecule has 7 rings (SSSR count). The second-order valence-corrected chi connectivity index (χ2v) is 9.69. The Morgan fingerprint density at radius 3 is 2.03 bits per heavy atom. The van der Waals surface area contributed by atoms with Crippen LogP contribution in [0.15, 0.2) is 113 Å². The first kappa shape index (κ1) is 17.5. The fraction of sp³-hybridized carbons (Fsp3) is 0.0345. The smallest absolute Gasteiger partial charge is 0.0894 e. The average Bonchev–Trinajstić information content (AvgIpc) is 3.10. The van der Waals surface area contributed by atoms with E-state index in [1.54, 1.807) is 0 Å². The molecule has 0 saturated heterocycles. The van der Waals surface area contributed by atoms with Crippen molar-refractivity contribution in [3.63, 3.8) is 0 Å². The summed E-state index contributed by atoms with van der Waals surface area (Å²) in [6.07, 6.45) is 0. The van der Waals surface area contributed by atoms with Crippen LogP contribution in [0.4, 0.5) is 0 Å². The summed E-state index contributed by atoms with van der Waals surface area (Å²) in [6.45, 7) is 0. The lowest BCUT2D eigenvalue weighted by Gasteiger charge is -2.39. The van der Waals surface area contributed by atoms with Gasteiger partial charge in [-0.2, -0.15) is 0 Å². The van der Waals surface area contributed by atoms with Gasteiger partial charge in [-0.1, -0.05) is 108 Å². The third-order valence-corrected chi connectivity index (χ3v) is 8.14. The minimum absolute atomic E-state index is 0.279. The van der Waals surface area contributed by atoms with Gasteiger partial charge in [0, 0.05) is 9.79 Å². The van der Waals surface area contributed by atoms with Crippen molar-refractivity contribution in [3.05, 3.63) is 125 Å². The van der Waals surface area contributed by atoms with Crippen molar-refractivity contribution in [2.75, 3.05) is 0 Å². The lowest BCUT2D eigenvalue weighted by molar-refractivity contribution is 0.723. The summed E-state index contributed by atoms with van der Waals surface area (Å²) in [4.78, 5) is 2.71. The normalized spacial score (nSPS) is 14.7. The van der Waals surface area contributed by atoms with Gasteiger partial charge in [0.25, 0.3) is 0 Å². The van der Waals surface area contributed by atoms with Gasteiger partial charge in [-0.3, -0.25) is 0 Å². The molecule has 2 heteroatoms. The fourth-order valence-electron chi connectivity index (χ4n) is 5.78. The van der Waals surface area contributed by atoms with E-state index in [2.05, 4.69) is 111 Å².